The van der Waals surface area contributed by atoms with E-state index in [1.165, 1.54) is 6.20 Å². The summed E-state index contributed by atoms with van der Waals surface area (Å²) >= 11 is 0. The topological polar surface area (TPSA) is 50.5 Å². The van der Waals surface area contributed by atoms with Crippen molar-refractivity contribution in [3.05, 3.63) is 47.4 Å². The summed E-state index contributed by atoms with van der Waals surface area (Å²) in [6.45, 7) is 8.53. The molecule has 0 radical (unpaired) electrons. The van der Waals surface area contributed by atoms with Gasteiger partial charge in [-0.2, -0.15) is 0 Å². The number of hydrogen-bond donors (Lipinski definition) is 1. The van der Waals surface area contributed by atoms with Crippen LogP contribution in [0.25, 0.3) is 10.4 Å². The van der Waals surface area contributed by atoms with Gasteiger partial charge in [0, 0.05) is 5.69 Å². The van der Waals surface area contributed by atoms with E-state index in [9.17, 15) is 8.42 Å². The van der Waals surface area contributed by atoms with E-state index in [-0.39, 0.29) is 0 Å². The van der Waals surface area contributed by atoms with Crippen molar-refractivity contribution in [2.24, 2.45) is 0 Å². The lowest BCUT2D eigenvalue weighted by Crippen LogP contribution is -2.09. The normalized spacial score (nSPS) is 11.9. The molecule has 0 fully saturated rings. The van der Waals surface area contributed by atoms with Gasteiger partial charge < -0.3 is 0 Å². The van der Waals surface area contributed by atoms with Gasteiger partial charge in [-0.25, -0.2) is 13.3 Å². The lowest BCUT2D eigenvalue weighted by Gasteiger charge is -2.05. The van der Waals surface area contributed by atoms with Crippen molar-refractivity contribution in [1.82, 2.24) is 0 Å². The first-order valence-electron chi connectivity index (χ1n) is 4.54. The number of allylic oxidation sites excluding steroid dienone is 1. The Labute approximate surface area is 95.5 Å². The molecule has 0 aliphatic rings. The van der Waals surface area contributed by atoms with Gasteiger partial charge in [0.05, 0.1) is 12.8 Å². The summed E-state index contributed by atoms with van der Waals surface area (Å²) in [4.78, 5) is 3.17. The molecule has 5 heteroatoms. The van der Waals surface area contributed by atoms with Crippen LogP contribution in [0.1, 0.15) is 12.5 Å². The van der Waals surface area contributed by atoms with Gasteiger partial charge in [-0.15, -0.1) is 0 Å². The summed E-state index contributed by atoms with van der Waals surface area (Å²) in [6.07, 6.45) is 2.53. The SMILES string of the molecule is [C-]#[N+]C=C(C)c1ccc(NS(C)(=O)=O)cc1. The van der Waals surface area contributed by atoms with Crippen LogP contribution in [-0.4, -0.2) is 14.7 Å². The highest BCUT2D eigenvalue weighted by Crippen LogP contribution is 2.17. The Kier molecular flexibility index (Phi) is 3.69. The molecule has 1 rings (SSSR count). The maximum atomic E-state index is 11.0. The minimum Gasteiger partial charge on any atom is -0.284 e. The van der Waals surface area contributed by atoms with Crippen LogP contribution in [0.5, 0.6) is 0 Å². The zero-order valence-electron chi connectivity index (χ0n) is 9.06. The van der Waals surface area contributed by atoms with Crippen LogP contribution in [-0.2, 0) is 10.0 Å². The van der Waals surface area contributed by atoms with Gasteiger partial charge in [-0.05, 0) is 30.2 Å². The second-order valence-electron chi connectivity index (χ2n) is 3.39. The van der Waals surface area contributed by atoms with Gasteiger partial charge in [-0.3, -0.25) is 4.72 Å². The van der Waals surface area contributed by atoms with E-state index in [2.05, 4.69) is 9.57 Å². The number of benzene rings is 1. The third-order valence-corrected chi connectivity index (χ3v) is 2.51. The molecule has 0 spiro atoms. The standard InChI is InChI=1S/C11H12N2O2S/c1-9(8-12-2)10-4-6-11(7-5-10)13-16(3,14)15/h4-8,13H,1,3H3. The molecular formula is C11H12N2O2S. The highest BCUT2D eigenvalue weighted by molar-refractivity contribution is 7.92. The van der Waals surface area contributed by atoms with E-state index < -0.39 is 10.0 Å². The Morgan fingerprint density at radius 3 is 2.38 bits per heavy atom. The smallest absolute Gasteiger partial charge is 0.229 e. The average Bonchev–Trinajstić information content (AvgIpc) is 2.16. The molecule has 0 aromatic heterocycles. The molecule has 4 nitrogen and oxygen atoms in total. The molecule has 0 bridgehead atoms. The molecule has 0 heterocycles. The first-order chi connectivity index (χ1) is 7.42. The van der Waals surface area contributed by atoms with Crippen molar-refractivity contribution in [2.45, 2.75) is 6.92 Å². The second kappa shape index (κ2) is 4.81. The molecule has 0 amide bonds. The van der Waals surface area contributed by atoms with Gasteiger partial charge in [0.15, 0.2) is 6.20 Å². The molecule has 0 unspecified atom stereocenters. The highest BCUT2D eigenvalue weighted by atomic mass is 32.2. The van der Waals surface area contributed by atoms with Crippen LogP contribution in [0, 0.1) is 6.57 Å². The Morgan fingerprint density at radius 1 is 1.38 bits per heavy atom. The van der Waals surface area contributed by atoms with Crippen LogP contribution in [0.15, 0.2) is 30.5 Å². The van der Waals surface area contributed by atoms with Crippen LogP contribution in [0.3, 0.4) is 0 Å². The number of anilines is 1. The minimum absolute atomic E-state index is 0.516. The Hall–Kier alpha value is -1.80. The summed E-state index contributed by atoms with van der Waals surface area (Å²) in [5.41, 5.74) is 2.26. The molecule has 0 aliphatic heterocycles. The second-order valence-corrected chi connectivity index (χ2v) is 5.14. The van der Waals surface area contributed by atoms with E-state index in [1.807, 2.05) is 6.92 Å². The highest BCUT2D eigenvalue weighted by Gasteiger charge is 2.01. The van der Waals surface area contributed by atoms with Gasteiger partial charge in [-0.1, -0.05) is 12.1 Å². The van der Waals surface area contributed by atoms with E-state index in [0.717, 1.165) is 17.4 Å². The van der Waals surface area contributed by atoms with Crippen LogP contribution in [0.2, 0.25) is 0 Å². The third kappa shape index (κ3) is 3.75. The van der Waals surface area contributed by atoms with E-state index in [1.54, 1.807) is 24.3 Å². The number of nitrogens with zero attached hydrogens (tertiary/aromatic N) is 1. The molecular weight excluding hydrogens is 224 g/mol. The van der Waals surface area contributed by atoms with Crippen molar-refractivity contribution in [3.8, 4) is 0 Å². The molecule has 1 aromatic carbocycles. The maximum absolute atomic E-state index is 11.0. The number of hydrogen-bond acceptors (Lipinski definition) is 2. The van der Waals surface area contributed by atoms with E-state index in [4.69, 9.17) is 6.57 Å². The number of rotatable bonds is 3. The first-order valence-corrected chi connectivity index (χ1v) is 6.43. The fourth-order valence-electron chi connectivity index (χ4n) is 1.19. The summed E-state index contributed by atoms with van der Waals surface area (Å²) in [5.74, 6) is 0. The molecule has 16 heavy (non-hydrogen) atoms. The van der Waals surface area contributed by atoms with Gasteiger partial charge >= 0.3 is 0 Å². The van der Waals surface area contributed by atoms with Gasteiger partial charge in [0.2, 0.25) is 10.0 Å². The van der Waals surface area contributed by atoms with E-state index in [0.29, 0.717) is 5.69 Å². The maximum Gasteiger partial charge on any atom is 0.229 e. The summed E-state index contributed by atoms with van der Waals surface area (Å²) in [5, 5.41) is 0. The van der Waals surface area contributed by atoms with Gasteiger partial charge in [0.25, 0.3) is 0 Å². The molecule has 1 aromatic rings. The lowest BCUT2D eigenvalue weighted by atomic mass is 10.1. The zero-order valence-corrected chi connectivity index (χ0v) is 9.88. The molecule has 0 aliphatic carbocycles. The summed E-state index contributed by atoms with van der Waals surface area (Å²) in [6, 6.07) is 6.87. The predicted molar refractivity (Wildman–Crippen MR) is 65.2 cm³/mol. The molecule has 1 N–H and O–H groups in total. The molecule has 0 saturated heterocycles. The van der Waals surface area contributed by atoms with Crippen LogP contribution < -0.4 is 4.72 Å². The monoisotopic (exact) mass is 236 g/mol. The largest absolute Gasteiger partial charge is 0.284 e. The van der Waals surface area contributed by atoms with Crippen LogP contribution in [0.4, 0.5) is 5.69 Å². The number of nitrogens with one attached hydrogen (secondary N) is 1. The first kappa shape index (κ1) is 12.3. The van der Waals surface area contributed by atoms with E-state index >= 15 is 0 Å². The van der Waals surface area contributed by atoms with Crippen molar-refractivity contribution in [1.29, 1.82) is 0 Å². The van der Waals surface area contributed by atoms with Crippen molar-refractivity contribution >= 4 is 21.3 Å². The molecule has 0 saturated carbocycles. The fourth-order valence-corrected chi connectivity index (χ4v) is 1.75. The summed E-state index contributed by atoms with van der Waals surface area (Å²) < 4.78 is 24.3. The quantitative estimate of drug-likeness (QED) is 0.819. The zero-order chi connectivity index (χ0) is 12.2. The Balaban J connectivity index is 2.93. The Bertz CT molecular complexity index is 536. The Morgan fingerprint density at radius 2 is 1.94 bits per heavy atom. The number of sulfonamides is 1. The molecule has 0 atom stereocenters. The predicted octanol–water partition coefficient (Wildman–Crippen LogP) is 2.34. The summed E-state index contributed by atoms with van der Waals surface area (Å²) in [7, 11) is -3.23. The van der Waals surface area contributed by atoms with Crippen LogP contribution >= 0.6 is 0 Å². The lowest BCUT2D eigenvalue weighted by molar-refractivity contribution is 0.607. The van der Waals surface area contributed by atoms with Crippen molar-refractivity contribution in [3.63, 3.8) is 0 Å². The fraction of sp³-hybridized carbons (Fsp3) is 0.182. The van der Waals surface area contributed by atoms with Gasteiger partial charge in [0.1, 0.15) is 0 Å². The van der Waals surface area contributed by atoms with Crippen molar-refractivity contribution in [2.75, 3.05) is 11.0 Å². The molecule has 84 valence electrons. The third-order valence-electron chi connectivity index (χ3n) is 1.90. The average molecular weight is 236 g/mol. The van der Waals surface area contributed by atoms with Crippen molar-refractivity contribution < 1.29 is 8.42 Å². The minimum atomic E-state index is -3.23.